The van der Waals surface area contributed by atoms with Gasteiger partial charge < -0.3 is 24.8 Å². The molecule has 0 saturated heterocycles. The Balaban J connectivity index is 1.67. The topological polar surface area (TPSA) is 113 Å². The predicted molar refractivity (Wildman–Crippen MR) is 89.3 cm³/mol. The van der Waals surface area contributed by atoms with E-state index in [0.29, 0.717) is 17.4 Å². The zero-order valence-electron chi connectivity index (χ0n) is 14.2. The number of nitrogens with two attached hydrogens (primary N) is 1. The third-order valence-electron chi connectivity index (χ3n) is 3.51. The summed E-state index contributed by atoms with van der Waals surface area (Å²) in [5, 5.41) is 0. The monoisotopic (exact) mass is 345 g/mol. The molecule has 0 fully saturated rings. The Hall–Kier alpha value is -3.10. The normalized spacial score (nSPS) is 18.5. The van der Waals surface area contributed by atoms with Crippen molar-refractivity contribution >= 4 is 17.9 Å². The quantitative estimate of drug-likeness (QED) is 0.803. The molecule has 0 spiro atoms. The van der Waals surface area contributed by atoms with Crippen molar-refractivity contribution in [3.05, 3.63) is 30.1 Å². The van der Waals surface area contributed by atoms with Gasteiger partial charge in [-0.15, -0.1) is 0 Å². The Morgan fingerprint density at radius 3 is 2.56 bits per heavy atom. The van der Waals surface area contributed by atoms with Gasteiger partial charge >= 0.3 is 5.97 Å². The van der Waals surface area contributed by atoms with E-state index in [2.05, 4.69) is 15.0 Å². The fourth-order valence-electron chi connectivity index (χ4n) is 2.29. The summed E-state index contributed by atoms with van der Waals surface area (Å²) in [4.78, 5) is 26.2. The summed E-state index contributed by atoms with van der Waals surface area (Å²) >= 11 is 0. The van der Waals surface area contributed by atoms with E-state index in [1.54, 1.807) is 44.1 Å². The summed E-state index contributed by atoms with van der Waals surface area (Å²) in [5.74, 6) is 1.24. The highest BCUT2D eigenvalue weighted by Crippen LogP contribution is 2.33. The van der Waals surface area contributed by atoms with Crippen molar-refractivity contribution < 1.29 is 19.0 Å². The van der Waals surface area contributed by atoms with Crippen LogP contribution in [-0.4, -0.2) is 47.2 Å². The van der Waals surface area contributed by atoms with Gasteiger partial charge in [0.05, 0.1) is 0 Å². The number of nitrogens with zero attached hydrogens (tertiary/aromatic N) is 4. The summed E-state index contributed by atoms with van der Waals surface area (Å²) in [6.07, 6.45) is -1.36. The summed E-state index contributed by atoms with van der Waals surface area (Å²) in [6.45, 7) is 1.60. The van der Waals surface area contributed by atoms with Gasteiger partial charge in [-0.1, -0.05) is 12.1 Å². The molecule has 0 bridgehead atoms. The minimum Gasteiger partial charge on any atom is -0.482 e. The first-order valence-electron chi connectivity index (χ1n) is 7.71. The maximum absolute atomic E-state index is 12.4. The summed E-state index contributed by atoms with van der Waals surface area (Å²) in [6, 6.07) is 7.15. The average Bonchev–Trinajstić information content (AvgIpc) is 2.58. The molecule has 3 rings (SSSR count). The van der Waals surface area contributed by atoms with Gasteiger partial charge in [0, 0.05) is 14.1 Å². The second kappa shape index (κ2) is 6.80. The lowest BCUT2D eigenvalue weighted by Crippen LogP contribution is -2.44. The van der Waals surface area contributed by atoms with Crippen molar-refractivity contribution in [2.24, 2.45) is 0 Å². The average molecular weight is 345 g/mol. The SMILES string of the molecule is C[C@@H]1Oc2ccccc2O[C@@H]1C(=O)OCc1nc(N)nc(N(C)C)n1. The van der Waals surface area contributed by atoms with Crippen LogP contribution in [0.5, 0.6) is 11.5 Å². The molecular weight excluding hydrogens is 326 g/mol. The van der Waals surface area contributed by atoms with Crippen molar-refractivity contribution in [2.75, 3.05) is 24.7 Å². The number of hydrogen-bond acceptors (Lipinski definition) is 9. The van der Waals surface area contributed by atoms with Gasteiger partial charge in [0.1, 0.15) is 6.10 Å². The number of hydrogen-bond donors (Lipinski definition) is 1. The van der Waals surface area contributed by atoms with Crippen LogP contribution in [0.15, 0.2) is 24.3 Å². The number of carbonyl (C=O) groups is 1. The van der Waals surface area contributed by atoms with Crippen LogP contribution >= 0.6 is 0 Å². The fourth-order valence-corrected chi connectivity index (χ4v) is 2.29. The lowest BCUT2D eigenvalue weighted by Gasteiger charge is -2.30. The number of esters is 1. The molecule has 0 aliphatic carbocycles. The number of ether oxygens (including phenoxy) is 3. The van der Waals surface area contributed by atoms with Crippen LogP contribution in [0.3, 0.4) is 0 Å². The van der Waals surface area contributed by atoms with Gasteiger partial charge in [-0.05, 0) is 19.1 Å². The number of carbonyl (C=O) groups excluding carboxylic acids is 1. The molecule has 2 N–H and O–H groups in total. The number of fused-ring (bicyclic) bond motifs is 1. The summed E-state index contributed by atoms with van der Waals surface area (Å²) in [7, 11) is 3.55. The first-order chi connectivity index (χ1) is 11.9. The Bertz CT molecular complexity index is 783. The van der Waals surface area contributed by atoms with E-state index in [9.17, 15) is 4.79 Å². The van der Waals surface area contributed by atoms with E-state index in [-0.39, 0.29) is 18.4 Å². The van der Waals surface area contributed by atoms with Gasteiger partial charge in [-0.2, -0.15) is 15.0 Å². The second-order valence-electron chi connectivity index (χ2n) is 5.72. The third kappa shape index (κ3) is 3.70. The number of aromatic nitrogens is 3. The van der Waals surface area contributed by atoms with E-state index in [4.69, 9.17) is 19.9 Å². The second-order valence-corrected chi connectivity index (χ2v) is 5.72. The predicted octanol–water partition coefficient (Wildman–Crippen LogP) is 0.791. The number of anilines is 2. The summed E-state index contributed by atoms with van der Waals surface area (Å²) in [5.41, 5.74) is 5.65. The number of benzene rings is 1. The van der Waals surface area contributed by atoms with Crippen molar-refractivity contribution in [3.63, 3.8) is 0 Å². The molecule has 0 unspecified atom stereocenters. The van der Waals surface area contributed by atoms with Gasteiger partial charge in [-0.3, -0.25) is 0 Å². The number of para-hydroxylation sites is 2. The van der Waals surface area contributed by atoms with Crippen molar-refractivity contribution in [3.8, 4) is 11.5 Å². The zero-order chi connectivity index (χ0) is 18.0. The molecule has 0 radical (unpaired) electrons. The van der Waals surface area contributed by atoms with E-state index in [0.717, 1.165) is 0 Å². The highest BCUT2D eigenvalue weighted by molar-refractivity contribution is 5.76. The fraction of sp³-hybridized carbons (Fsp3) is 0.375. The molecule has 1 aliphatic heterocycles. The minimum absolute atomic E-state index is 0.0595. The molecule has 1 aromatic heterocycles. The zero-order valence-corrected chi connectivity index (χ0v) is 14.2. The summed E-state index contributed by atoms with van der Waals surface area (Å²) < 4.78 is 16.7. The van der Waals surface area contributed by atoms with Crippen LogP contribution in [0, 0.1) is 0 Å². The lowest BCUT2D eigenvalue weighted by molar-refractivity contribution is -0.159. The van der Waals surface area contributed by atoms with Crippen LogP contribution in [-0.2, 0) is 16.1 Å². The number of rotatable bonds is 4. The number of nitrogen functional groups attached to an aromatic ring is 1. The highest BCUT2D eigenvalue weighted by atomic mass is 16.6. The van der Waals surface area contributed by atoms with Crippen LogP contribution in [0.1, 0.15) is 12.7 Å². The van der Waals surface area contributed by atoms with Gasteiger partial charge in [0.15, 0.2) is 23.9 Å². The van der Waals surface area contributed by atoms with Crippen molar-refractivity contribution in [1.29, 1.82) is 0 Å². The smallest absolute Gasteiger partial charge is 0.351 e. The van der Waals surface area contributed by atoms with Crippen molar-refractivity contribution in [1.82, 2.24) is 15.0 Å². The molecule has 25 heavy (non-hydrogen) atoms. The maximum Gasteiger partial charge on any atom is 0.351 e. The molecule has 0 amide bonds. The molecule has 132 valence electrons. The van der Waals surface area contributed by atoms with E-state index in [1.807, 2.05) is 6.07 Å². The van der Waals surface area contributed by atoms with Crippen LogP contribution in [0.4, 0.5) is 11.9 Å². The highest BCUT2D eigenvalue weighted by Gasteiger charge is 2.35. The molecule has 2 aromatic rings. The van der Waals surface area contributed by atoms with Gasteiger partial charge in [0.25, 0.3) is 0 Å². The third-order valence-corrected chi connectivity index (χ3v) is 3.51. The van der Waals surface area contributed by atoms with Crippen LogP contribution < -0.4 is 20.1 Å². The molecule has 2 atom stereocenters. The largest absolute Gasteiger partial charge is 0.482 e. The molecule has 1 aliphatic rings. The van der Waals surface area contributed by atoms with Gasteiger partial charge in [-0.25, -0.2) is 4.79 Å². The Kier molecular flexibility index (Phi) is 4.55. The molecule has 0 saturated carbocycles. The lowest BCUT2D eigenvalue weighted by atomic mass is 10.2. The first kappa shape index (κ1) is 16.7. The molecule has 2 heterocycles. The minimum atomic E-state index is -0.873. The van der Waals surface area contributed by atoms with Gasteiger partial charge in [0.2, 0.25) is 18.0 Å². The molecule has 1 aromatic carbocycles. The Labute approximate surface area is 144 Å². The molecular formula is C16H19N5O4. The standard InChI is InChI=1S/C16H19N5O4/c1-9-13(25-11-7-5-4-6-10(11)24-9)14(22)23-8-12-18-15(17)20-16(19-12)21(2)3/h4-7,9,13H,8H2,1-3H3,(H2,17,18,19,20)/t9-,13-/m0/s1. The van der Waals surface area contributed by atoms with Crippen LogP contribution in [0.2, 0.25) is 0 Å². The Morgan fingerprint density at radius 1 is 1.20 bits per heavy atom. The molecule has 9 heteroatoms. The molecule has 9 nitrogen and oxygen atoms in total. The van der Waals surface area contributed by atoms with E-state index >= 15 is 0 Å². The van der Waals surface area contributed by atoms with Crippen LogP contribution in [0.25, 0.3) is 0 Å². The van der Waals surface area contributed by atoms with Crippen molar-refractivity contribution in [2.45, 2.75) is 25.7 Å². The Morgan fingerprint density at radius 2 is 1.88 bits per heavy atom. The maximum atomic E-state index is 12.4. The van der Waals surface area contributed by atoms with E-state index < -0.39 is 18.2 Å². The van der Waals surface area contributed by atoms with E-state index in [1.165, 1.54) is 0 Å². The first-order valence-corrected chi connectivity index (χ1v) is 7.71.